The van der Waals surface area contributed by atoms with Crippen LogP contribution in [-0.2, 0) is 0 Å². The maximum absolute atomic E-state index is 3.69. The second-order valence-electron chi connectivity index (χ2n) is 5.30. The van der Waals surface area contributed by atoms with Crippen molar-refractivity contribution in [2.24, 2.45) is 11.8 Å². The van der Waals surface area contributed by atoms with Crippen molar-refractivity contribution in [2.75, 3.05) is 6.54 Å². The Balaban J connectivity index is 1.91. The van der Waals surface area contributed by atoms with E-state index in [0.717, 1.165) is 17.9 Å². The Bertz CT molecular complexity index is 161. The summed E-state index contributed by atoms with van der Waals surface area (Å²) in [4.78, 5) is 0. The van der Waals surface area contributed by atoms with Crippen LogP contribution in [0.2, 0.25) is 0 Å². The Morgan fingerprint density at radius 2 is 1.57 bits per heavy atom. The Labute approximate surface area is 88.7 Å². The van der Waals surface area contributed by atoms with Gasteiger partial charge in [-0.05, 0) is 38.1 Å². The molecule has 2 aliphatic rings. The molecular formula is C13H25N. The van der Waals surface area contributed by atoms with E-state index in [1.807, 2.05) is 0 Å². The molecule has 2 rings (SSSR count). The summed E-state index contributed by atoms with van der Waals surface area (Å²) in [5, 5.41) is 3.69. The molecule has 0 aromatic carbocycles. The number of hydrogen-bond donors (Lipinski definition) is 1. The summed E-state index contributed by atoms with van der Waals surface area (Å²) in [7, 11) is 0. The van der Waals surface area contributed by atoms with Crippen LogP contribution in [0.5, 0.6) is 0 Å². The van der Waals surface area contributed by atoms with Crippen LogP contribution in [0.1, 0.15) is 58.3 Å². The Hall–Kier alpha value is -0.0400. The predicted molar refractivity (Wildman–Crippen MR) is 61.4 cm³/mol. The third kappa shape index (κ3) is 2.50. The topological polar surface area (TPSA) is 12.0 Å². The molecule has 1 nitrogen and oxygen atoms in total. The molecule has 1 aliphatic heterocycles. The summed E-state index contributed by atoms with van der Waals surface area (Å²) in [6, 6.07) is 0.778. The molecule has 2 atom stereocenters. The highest BCUT2D eigenvalue weighted by Crippen LogP contribution is 2.35. The molecule has 1 aliphatic carbocycles. The van der Waals surface area contributed by atoms with Crippen molar-refractivity contribution in [1.29, 1.82) is 0 Å². The monoisotopic (exact) mass is 195 g/mol. The second-order valence-corrected chi connectivity index (χ2v) is 5.30. The van der Waals surface area contributed by atoms with Crippen molar-refractivity contribution in [3.63, 3.8) is 0 Å². The van der Waals surface area contributed by atoms with Crippen molar-refractivity contribution >= 4 is 0 Å². The molecule has 1 N–H and O–H groups in total. The fourth-order valence-corrected chi connectivity index (χ4v) is 3.44. The van der Waals surface area contributed by atoms with E-state index in [0.29, 0.717) is 0 Å². The largest absolute Gasteiger partial charge is 0.314 e. The van der Waals surface area contributed by atoms with E-state index < -0.39 is 0 Å². The molecule has 82 valence electrons. The van der Waals surface area contributed by atoms with E-state index in [-0.39, 0.29) is 0 Å². The molecule has 0 aromatic rings. The first kappa shape index (κ1) is 10.5. The lowest BCUT2D eigenvalue weighted by atomic mass is 9.75. The lowest BCUT2D eigenvalue weighted by Crippen LogP contribution is -2.36. The van der Waals surface area contributed by atoms with Gasteiger partial charge in [-0.2, -0.15) is 0 Å². The Morgan fingerprint density at radius 1 is 0.857 bits per heavy atom. The average molecular weight is 195 g/mol. The average Bonchev–Trinajstić information content (AvgIpc) is 2.44. The van der Waals surface area contributed by atoms with E-state index in [9.17, 15) is 0 Å². The molecule has 2 fully saturated rings. The van der Waals surface area contributed by atoms with Crippen molar-refractivity contribution in [2.45, 2.75) is 64.3 Å². The SMILES string of the molecule is CC1NCCCCC1C1CCCCC1. The maximum atomic E-state index is 3.69. The van der Waals surface area contributed by atoms with E-state index in [2.05, 4.69) is 12.2 Å². The minimum Gasteiger partial charge on any atom is -0.314 e. The zero-order valence-electron chi connectivity index (χ0n) is 9.60. The molecule has 0 aromatic heterocycles. The number of nitrogens with one attached hydrogen (secondary N) is 1. The minimum atomic E-state index is 0.778. The Kier molecular flexibility index (Phi) is 3.86. The summed E-state index contributed by atoms with van der Waals surface area (Å²) in [6.45, 7) is 3.66. The van der Waals surface area contributed by atoms with Gasteiger partial charge >= 0.3 is 0 Å². The first-order valence-electron chi connectivity index (χ1n) is 6.61. The lowest BCUT2D eigenvalue weighted by Gasteiger charge is -2.33. The van der Waals surface area contributed by atoms with Crippen LogP contribution < -0.4 is 5.32 Å². The van der Waals surface area contributed by atoms with Gasteiger partial charge in [0.05, 0.1) is 0 Å². The zero-order valence-corrected chi connectivity index (χ0v) is 9.60. The second kappa shape index (κ2) is 5.16. The van der Waals surface area contributed by atoms with Gasteiger partial charge in [0.25, 0.3) is 0 Å². The molecule has 1 heterocycles. The van der Waals surface area contributed by atoms with E-state index >= 15 is 0 Å². The van der Waals surface area contributed by atoms with Gasteiger partial charge < -0.3 is 5.32 Å². The van der Waals surface area contributed by atoms with Crippen LogP contribution in [0.4, 0.5) is 0 Å². The summed E-state index contributed by atoms with van der Waals surface area (Å²) in [5.74, 6) is 2.03. The minimum absolute atomic E-state index is 0.778. The zero-order chi connectivity index (χ0) is 9.80. The standard InChI is InChI=1S/C13H25N/c1-11-13(9-5-6-10-14-11)12-7-3-2-4-8-12/h11-14H,2-10H2,1H3. The highest BCUT2D eigenvalue weighted by Gasteiger charge is 2.28. The highest BCUT2D eigenvalue weighted by molar-refractivity contribution is 4.83. The van der Waals surface area contributed by atoms with Crippen LogP contribution in [0.3, 0.4) is 0 Å². The van der Waals surface area contributed by atoms with Gasteiger partial charge in [0.15, 0.2) is 0 Å². The summed E-state index contributed by atoms with van der Waals surface area (Å²) >= 11 is 0. The smallest absolute Gasteiger partial charge is 0.00696 e. The van der Waals surface area contributed by atoms with E-state index in [4.69, 9.17) is 0 Å². The molecule has 1 heteroatoms. The van der Waals surface area contributed by atoms with Gasteiger partial charge in [0, 0.05) is 6.04 Å². The van der Waals surface area contributed by atoms with E-state index in [1.54, 1.807) is 0 Å². The first-order valence-corrected chi connectivity index (χ1v) is 6.61. The molecular weight excluding hydrogens is 170 g/mol. The molecule has 1 saturated carbocycles. The van der Waals surface area contributed by atoms with Crippen LogP contribution in [0.25, 0.3) is 0 Å². The van der Waals surface area contributed by atoms with Gasteiger partial charge in [-0.15, -0.1) is 0 Å². The maximum Gasteiger partial charge on any atom is 0.00696 e. The van der Waals surface area contributed by atoms with Gasteiger partial charge in [-0.1, -0.05) is 38.5 Å². The van der Waals surface area contributed by atoms with Crippen molar-refractivity contribution < 1.29 is 0 Å². The quantitative estimate of drug-likeness (QED) is 0.676. The number of hydrogen-bond acceptors (Lipinski definition) is 1. The molecule has 0 bridgehead atoms. The van der Waals surface area contributed by atoms with Gasteiger partial charge in [0.1, 0.15) is 0 Å². The normalized spacial score (nSPS) is 36.6. The summed E-state index contributed by atoms with van der Waals surface area (Å²) < 4.78 is 0. The molecule has 2 unspecified atom stereocenters. The first-order chi connectivity index (χ1) is 6.88. The fraction of sp³-hybridized carbons (Fsp3) is 1.00. The molecule has 0 amide bonds. The highest BCUT2D eigenvalue weighted by atomic mass is 14.9. The summed E-state index contributed by atoms with van der Waals surface area (Å²) in [5.41, 5.74) is 0. The Morgan fingerprint density at radius 3 is 2.36 bits per heavy atom. The van der Waals surface area contributed by atoms with Crippen LogP contribution in [0, 0.1) is 11.8 Å². The molecule has 0 radical (unpaired) electrons. The van der Waals surface area contributed by atoms with Crippen LogP contribution >= 0.6 is 0 Å². The molecule has 0 spiro atoms. The molecule has 14 heavy (non-hydrogen) atoms. The lowest BCUT2D eigenvalue weighted by molar-refractivity contribution is 0.201. The van der Waals surface area contributed by atoms with Gasteiger partial charge in [-0.25, -0.2) is 0 Å². The van der Waals surface area contributed by atoms with Crippen molar-refractivity contribution in [3.8, 4) is 0 Å². The van der Waals surface area contributed by atoms with Crippen molar-refractivity contribution in [1.82, 2.24) is 5.32 Å². The predicted octanol–water partition coefficient (Wildman–Crippen LogP) is 3.34. The third-order valence-corrected chi connectivity index (χ3v) is 4.33. The van der Waals surface area contributed by atoms with Crippen molar-refractivity contribution in [3.05, 3.63) is 0 Å². The number of rotatable bonds is 1. The fourth-order valence-electron chi connectivity index (χ4n) is 3.44. The van der Waals surface area contributed by atoms with Gasteiger partial charge in [-0.3, -0.25) is 0 Å². The van der Waals surface area contributed by atoms with Crippen LogP contribution in [-0.4, -0.2) is 12.6 Å². The van der Waals surface area contributed by atoms with E-state index in [1.165, 1.54) is 57.9 Å². The van der Waals surface area contributed by atoms with Crippen LogP contribution in [0.15, 0.2) is 0 Å². The van der Waals surface area contributed by atoms with Gasteiger partial charge in [0.2, 0.25) is 0 Å². The summed E-state index contributed by atoms with van der Waals surface area (Å²) in [6.07, 6.45) is 11.8. The third-order valence-electron chi connectivity index (χ3n) is 4.33. The molecule has 1 saturated heterocycles.